The van der Waals surface area contributed by atoms with Gasteiger partial charge in [-0.2, -0.15) is 0 Å². The summed E-state index contributed by atoms with van der Waals surface area (Å²) in [6.45, 7) is 4.11. The van der Waals surface area contributed by atoms with Crippen molar-refractivity contribution in [1.82, 2.24) is 10.2 Å². The van der Waals surface area contributed by atoms with E-state index in [9.17, 15) is 4.79 Å². The number of piperidine rings is 1. The molecular weight excluding hydrogens is 180 g/mol. The van der Waals surface area contributed by atoms with E-state index in [4.69, 9.17) is 4.74 Å². The molecule has 1 rings (SSSR count). The number of likely N-dealkylation sites (N-methyl/N-ethyl adjacent to an activating group) is 1. The fourth-order valence-corrected chi connectivity index (χ4v) is 1.91. The molecule has 2 atom stereocenters. The van der Waals surface area contributed by atoms with Gasteiger partial charge in [0.2, 0.25) is 0 Å². The molecule has 0 saturated carbocycles. The van der Waals surface area contributed by atoms with Gasteiger partial charge in [0.25, 0.3) is 0 Å². The van der Waals surface area contributed by atoms with Gasteiger partial charge in [0.05, 0.1) is 12.5 Å². The number of rotatable bonds is 3. The maximum atomic E-state index is 11.6. The van der Waals surface area contributed by atoms with Crippen molar-refractivity contribution in [3.05, 3.63) is 0 Å². The third-order valence-electron chi connectivity index (χ3n) is 2.70. The van der Waals surface area contributed by atoms with E-state index in [0.29, 0.717) is 6.61 Å². The van der Waals surface area contributed by atoms with Gasteiger partial charge in [-0.1, -0.05) is 0 Å². The molecular formula is C10H20N2O2. The molecule has 0 radical (unpaired) electrons. The smallest absolute Gasteiger partial charge is 0.310 e. The summed E-state index contributed by atoms with van der Waals surface area (Å²) in [5.41, 5.74) is 0. The van der Waals surface area contributed by atoms with Crippen LogP contribution in [0.1, 0.15) is 13.3 Å². The van der Waals surface area contributed by atoms with Crippen molar-refractivity contribution in [1.29, 1.82) is 0 Å². The van der Waals surface area contributed by atoms with Crippen LogP contribution in [0.15, 0.2) is 0 Å². The molecule has 0 aliphatic carbocycles. The fourth-order valence-electron chi connectivity index (χ4n) is 1.91. The number of nitrogens with zero attached hydrogens (tertiary/aromatic N) is 1. The number of nitrogens with one attached hydrogen (secondary N) is 1. The highest BCUT2D eigenvalue weighted by atomic mass is 16.5. The molecule has 82 valence electrons. The van der Waals surface area contributed by atoms with Gasteiger partial charge in [-0.25, -0.2) is 0 Å². The Labute approximate surface area is 85.6 Å². The van der Waals surface area contributed by atoms with Crippen molar-refractivity contribution in [2.75, 3.05) is 33.8 Å². The number of carbonyl (C=O) groups excluding carboxylic acids is 1. The standard InChI is InChI=1S/C10H20N2O2/c1-4-14-10(13)8-5-6-11-7-9(8)12(2)3/h8-9,11H,4-7H2,1-3H3/t8-,9+/m1/s1. The van der Waals surface area contributed by atoms with E-state index in [1.807, 2.05) is 21.0 Å². The molecule has 0 aromatic heterocycles. The fraction of sp³-hybridized carbons (Fsp3) is 0.900. The van der Waals surface area contributed by atoms with E-state index >= 15 is 0 Å². The zero-order chi connectivity index (χ0) is 10.6. The first-order valence-corrected chi connectivity index (χ1v) is 5.20. The molecule has 4 heteroatoms. The van der Waals surface area contributed by atoms with Crippen molar-refractivity contribution < 1.29 is 9.53 Å². The summed E-state index contributed by atoms with van der Waals surface area (Å²) in [5.74, 6) is -0.0149. The molecule has 0 spiro atoms. The van der Waals surface area contributed by atoms with E-state index < -0.39 is 0 Å². The Morgan fingerprint density at radius 2 is 2.29 bits per heavy atom. The van der Waals surface area contributed by atoms with Gasteiger partial charge in [0.1, 0.15) is 0 Å². The summed E-state index contributed by atoms with van der Waals surface area (Å²) in [5, 5.41) is 3.29. The molecule has 14 heavy (non-hydrogen) atoms. The Morgan fingerprint density at radius 3 is 2.86 bits per heavy atom. The van der Waals surface area contributed by atoms with Crippen molar-refractivity contribution in [2.45, 2.75) is 19.4 Å². The number of hydrogen-bond donors (Lipinski definition) is 1. The van der Waals surface area contributed by atoms with E-state index in [2.05, 4.69) is 10.2 Å². The summed E-state index contributed by atoms with van der Waals surface area (Å²) in [6.07, 6.45) is 0.877. The summed E-state index contributed by atoms with van der Waals surface area (Å²) in [4.78, 5) is 13.7. The van der Waals surface area contributed by atoms with Gasteiger partial charge >= 0.3 is 5.97 Å². The zero-order valence-electron chi connectivity index (χ0n) is 9.25. The average Bonchev–Trinajstić information content (AvgIpc) is 2.18. The van der Waals surface area contributed by atoms with Crippen LogP contribution in [0.5, 0.6) is 0 Å². The van der Waals surface area contributed by atoms with Gasteiger partial charge in [-0.3, -0.25) is 4.79 Å². The molecule has 1 aliphatic rings. The summed E-state index contributed by atoms with van der Waals surface area (Å²) in [7, 11) is 4.01. The monoisotopic (exact) mass is 200 g/mol. The van der Waals surface area contributed by atoms with Crippen LogP contribution < -0.4 is 5.32 Å². The van der Waals surface area contributed by atoms with Gasteiger partial charge in [0, 0.05) is 12.6 Å². The minimum atomic E-state index is -0.0484. The van der Waals surface area contributed by atoms with Gasteiger partial charge in [0.15, 0.2) is 0 Å². The molecule has 1 fully saturated rings. The lowest BCUT2D eigenvalue weighted by atomic mass is 9.92. The molecule has 0 bridgehead atoms. The van der Waals surface area contributed by atoms with E-state index in [-0.39, 0.29) is 17.9 Å². The highest BCUT2D eigenvalue weighted by molar-refractivity contribution is 5.73. The number of hydrogen-bond acceptors (Lipinski definition) is 4. The molecule has 0 unspecified atom stereocenters. The highest BCUT2D eigenvalue weighted by Gasteiger charge is 2.32. The maximum Gasteiger partial charge on any atom is 0.310 e. The number of esters is 1. The van der Waals surface area contributed by atoms with Gasteiger partial charge < -0.3 is 15.0 Å². The minimum absolute atomic E-state index is 0.0335. The van der Waals surface area contributed by atoms with Crippen LogP contribution in [0.3, 0.4) is 0 Å². The molecule has 1 saturated heterocycles. The molecule has 0 amide bonds. The Hall–Kier alpha value is -0.610. The van der Waals surface area contributed by atoms with Crippen LogP contribution in [-0.2, 0) is 9.53 Å². The molecule has 1 aliphatic heterocycles. The Kier molecular flexibility index (Phi) is 4.35. The predicted molar refractivity (Wildman–Crippen MR) is 55.1 cm³/mol. The normalized spacial score (nSPS) is 27.7. The second-order valence-corrected chi connectivity index (χ2v) is 3.88. The highest BCUT2D eigenvalue weighted by Crippen LogP contribution is 2.17. The first-order chi connectivity index (χ1) is 6.66. The van der Waals surface area contributed by atoms with Crippen LogP contribution in [-0.4, -0.2) is 50.7 Å². The SMILES string of the molecule is CCOC(=O)[C@@H]1CCNC[C@@H]1N(C)C. The Bertz CT molecular complexity index is 195. The minimum Gasteiger partial charge on any atom is -0.466 e. The van der Waals surface area contributed by atoms with Crippen LogP contribution in [0.2, 0.25) is 0 Å². The van der Waals surface area contributed by atoms with Gasteiger partial charge in [-0.05, 0) is 34.0 Å². The summed E-state index contributed by atoms with van der Waals surface area (Å²) < 4.78 is 5.07. The number of ether oxygens (including phenoxy) is 1. The van der Waals surface area contributed by atoms with Crippen LogP contribution in [0, 0.1) is 5.92 Å². The van der Waals surface area contributed by atoms with Crippen molar-refractivity contribution >= 4 is 5.97 Å². The molecule has 0 aromatic rings. The van der Waals surface area contributed by atoms with Crippen molar-refractivity contribution in [2.24, 2.45) is 5.92 Å². The second kappa shape index (κ2) is 5.32. The van der Waals surface area contributed by atoms with E-state index in [0.717, 1.165) is 19.5 Å². The van der Waals surface area contributed by atoms with Crippen molar-refractivity contribution in [3.8, 4) is 0 Å². The Morgan fingerprint density at radius 1 is 1.57 bits per heavy atom. The lowest BCUT2D eigenvalue weighted by molar-refractivity contribution is -0.151. The van der Waals surface area contributed by atoms with Crippen LogP contribution in [0.25, 0.3) is 0 Å². The molecule has 1 N–H and O–H groups in total. The molecule has 0 aromatic carbocycles. The lowest BCUT2D eigenvalue weighted by Crippen LogP contribution is -2.51. The summed E-state index contributed by atoms with van der Waals surface area (Å²) >= 11 is 0. The quantitative estimate of drug-likeness (QED) is 0.656. The predicted octanol–water partition coefficient (Wildman–Crippen LogP) is 0.0892. The average molecular weight is 200 g/mol. The third-order valence-corrected chi connectivity index (χ3v) is 2.70. The van der Waals surface area contributed by atoms with Crippen LogP contribution in [0.4, 0.5) is 0 Å². The lowest BCUT2D eigenvalue weighted by Gasteiger charge is -2.34. The first-order valence-electron chi connectivity index (χ1n) is 5.20. The third kappa shape index (κ3) is 2.69. The van der Waals surface area contributed by atoms with Gasteiger partial charge in [-0.15, -0.1) is 0 Å². The van der Waals surface area contributed by atoms with Crippen molar-refractivity contribution in [3.63, 3.8) is 0 Å². The molecule has 4 nitrogen and oxygen atoms in total. The first kappa shape index (κ1) is 11.5. The largest absolute Gasteiger partial charge is 0.466 e. The molecule has 1 heterocycles. The maximum absolute atomic E-state index is 11.6. The summed E-state index contributed by atoms with van der Waals surface area (Å²) in [6, 6.07) is 0.266. The second-order valence-electron chi connectivity index (χ2n) is 3.88. The Balaban J connectivity index is 2.57. The van der Waals surface area contributed by atoms with E-state index in [1.165, 1.54) is 0 Å². The zero-order valence-corrected chi connectivity index (χ0v) is 9.25. The van der Waals surface area contributed by atoms with E-state index in [1.54, 1.807) is 0 Å². The van der Waals surface area contributed by atoms with Crippen LogP contribution >= 0.6 is 0 Å². The number of carbonyl (C=O) groups is 1. The topological polar surface area (TPSA) is 41.6 Å².